The lowest BCUT2D eigenvalue weighted by Crippen LogP contribution is -2.54. The van der Waals surface area contributed by atoms with Crippen molar-refractivity contribution in [3.05, 3.63) is 65.7 Å². The number of hydrogen-bond acceptors (Lipinski definition) is 4. The third-order valence-corrected chi connectivity index (χ3v) is 5.68. The monoisotopic (exact) mass is 459 g/mol. The summed E-state index contributed by atoms with van der Waals surface area (Å²) in [5.41, 5.74) is 7.30. The second kappa shape index (κ2) is 9.22. The summed E-state index contributed by atoms with van der Waals surface area (Å²) in [6.45, 7) is -0.698. The molecule has 2 aromatic rings. The first-order valence-corrected chi connectivity index (χ1v) is 10.6. The van der Waals surface area contributed by atoms with Gasteiger partial charge in [-0.2, -0.15) is 13.2 Å². The number of carbonyl (C=O) groups is 2. The molecule has 2 aromatic carbocycles. The lowest BCUT2D eigenvalue weighted by atomic mass is 10.0. The Labute approximate surface area is 189 Å². The van der Waals surface area contributed by atoms with Crippen LogP contribution in [-0.2, 0) is 4.79 Å². The number of benzene rings is 2. The van der Waals surface area contributed by atoms with Gasteiger partial charge in [-0.15, -0.1) is 0 Å². The van der Waals surface area contributed by atoms with Crippen molar-refractivity contribution in [3.63, 3.8) is 0 Å². The van der Waals surface area contributed by atoms with Gasteiger partial charge in [0.2, 0.25) is 6.17 Å². The van der Waals surface area contributed by atoms with Crippen molar-refractivity contribution in [3.8, 4) is 0 Å². The highest BCUT2D eigenvalue weighted by molar-refractivity contribution is 6.20. The van der Waals surface area contributed by atoms with Crippen LogP contribution in [0.1, 0.15) is 24.0 Å². The number of nitrogens with zero attached hydrogens (tertiary/aromatic N) is 3. The van der Waals surface area contributed by atoms with E-state index in [0.717, 1.165) is 0 Å². The van der Waals surface area contributed by atoms with Crippen LogP contribution in [0.2, 0.25) is 0 Å². The molecule has 0 saturated carbocycles. The summed E-state index contributed by atoms with van der Waals surface area (Å²) >= 11 is 0. The number of para-hydroxylation sites is 1. The number of anilines is 1. The number of nitrogens with two attached hydrogens (primary N) is 1. The topological polar surface area (TPSA) is 91.0 Å². The molecule has 10 heteroatoms. The van der Waals surface area contributed by atoms with Gasteiger partial charge in [0.25, 0.3) is 5.91 Å². The van der Waals surface area contributed by atoms with Gasteiger partial charge in [0.15, 0.2) is 0 Å². The molecule has 0 spiro atoms. The van der Waals surface area contributed by atoms with Crippen LogP contribution in [0.25, 0.3) is 0 Å². The first-order valence-electron chi connectivity index (χ1n) is 10.6. The molecular weight excluding hydrogens is 435 g/mol. The highest BCUT2D eigenvalue weighted by Crippen LogP contribution is 2.31. The molecule has 1 fully saturated rings. The van der Waals surface area contributed by atoms with Gasteiger partial charge < -0.3 is 16.0 Å². The van der Waals surface area contributed by atoms with Gasteiger partial charge in [-0.25, -0.2) is 9.79 Å². The number of alkyl halides is 3. The van der Waals surface area contributed by atoms with Crippen molar-refractivity contribution in [2.45, 2.75) is 31.2 Å². The van der Waals surface area contributed by atoms with E-state index in [4.69, 9.17) is 5.73 Å². The number of likely N-dealkylation sites (tertiary alicyclic amines) is 1. The Morgan fingerprint density at radius 3 is 2.36 bits per heavy atom. The molecule has 1 saturated heterocycles. The SMILES string of the molecule is NC1CCN(C(=O)NC2N=C(c3ccccc3)c3ccccc3N(CC(F)(F)F)C2=O)CC1. The molecule has 0 radical (unpaired) electrons. The summed E-state index contributed by atoms with van der Waals surface area (Å²) in [7, 11) is 0. The number of nitrogens with one attached hydrogen (secondary N) is 1. The van der Waals surface area contributed by atoms with Gasteiger partial charge in [0.05, 0.1) is 11.4 Å². The molecule has 0 aliphatic carbocycles. The third kappa shape index (κ3) is 5.16. The van der Waals surface area contributed by atoms with Gasteiger partial charge in [0, 0.05) is 30.3 Å². The van der Waals surface area contributed by atoms with Gasteiger partial charge in [-0.05, 0) is 18.9 Å². The number of urea groups is 1. The minimum atomic E-state index is -4.64. The van der Waals surface area contributed by atoms with Crippen LogP contribution in [-0.4, -0.2) is 60.6 Å². The Hall–Kier alpha value is -3.40. The maximum atomic E-state index is 13.4. The molecular formula is C23H24F3N5O2. The Morgan fingerprint density at radius 1 is 1.06 bits per heavy atom. The molecule has 33 heavy (non-hydrogen) atoms. The highest BCUT2D eigenvalue weighted by atomic mass is 19.4. The largest absolute Gasteiger partial charge is 0.406 e. The van der Waals surface area contributed by atoms with E-state index in [1.54, 1.807) is 48.5 Å². The van der Waals surface area contributed by atoms with Crippen LogP contribution in [0, 0.1) is 0 Å². The molecule has 4 rings (SSSR count). The minimum Gasteiger partial charge on any atom is -0.328 e. The number of halogens is 3. The second-order valence-electron chi connectivity index (χ2n) is 8.08. The number of piperidine rings is 1. The molecule has 3 amide bonds. The predicted molar refractivity (Wildman–Crippen MR) is 118 cm³/mol. The molecule has 2 aliphatic heterocycles. The average Bonchev–Trinajstić information content (AvgIpc) is 2.90. The van der Waals surface area contributed by atoms with Crippen LogP contribution in [0.4, 0.5) is 23.7 Å². The van der Waals surface area contributed by atoms with E-state index >= 15 is 0 Å². The van der Waals surface area contributed by atoms with Gasteiger partial charge in [0.1, 0.15) is 6.54 Å². The van der Waals surface area contributed by atoms with Crippen molar-refractivity contribution >= 4 is 23.3 Å². The summed E-state index contributed by atoms with van der Waals surface area (Å²) < 4.78 is 40.3. The molecule has 0 aromatic heterocycles. The van der Waals surface area contributed by atoms with E-state index in [9.17, 15) is 22.8 Å². The van der Waals surface area contributed by atoms with Gasteiger partial charge in [-0.1, -0.05) is 48.5 Å². The number of carbonyl (C=O) groups excluding carboxylic acids is 2. The van der Waals surface area contributed by atoms with E-state index in [1.165, 1.54) is 11.0 Å². The summed E-state index contributed by atoms with van der Waals surface area (Å²) in [6, 6.07) is 14.6. The summed E-state index contributed by atoms with van der Waals surface area (Å²) in [4.78, 5) is 32.8. The maximum absolute atomic E-state index is 13.4. The molecule has 3 N–H and O–H groups in total. The zero-order chi connectivity index (χ0) is 23.6. The first kappa shape index (κ1) is 22.8. The zero-order valence-corrected chi connectivity index (χ0v) is 17.8. The van der Waals surface area contributed by atoms with E-state index in [0.29, 0.717) is 47.7 Å². The summed E-state index contributed by atoms with van der Waals surface area (Å²) in [6.07, 6.45) is -4.94. The number of hydrogen-bond donors (Lipinski definition) is 2. The summed E-state index contributed by atoms with van der Waals surface area (Å²) in [5, 5.41) is 2.54. The van der Waals surface area contributed by atoms with E-state index in [2.05, 4.69) is 10.3 Å². The number of rotatable bonds is 3. The number of aliphatic imine (C=N–C) groups is 1. The lowest BCUT2D eigenvalue weighted by molar-refractivity contribution is -0.133. The van der Waals surface area contributed by atoms with E-state index in [-0.39, 0.29) is 11.7 Å². The van der Waals surface area contributed by atoms with Crippen LogP contribution in [0.15, 0.2) is 59.6 Å². The molecule has 1 unspecified atom stereocenters. The van der Waals surface area contributed by atoms with Gasteiger partial charge in [-0.3, -0.25) is 9.69 Å². The van der Waals surface area contributed by atoms with Crippen LogP contribution < -0.4 is 16.0 Å². The van der Waals surface area contributed by atoms with Crippen molar-refractivity contribution in [2.24, 2.45) is 10.7 Å². The standard InChI is InChI=1S/C23H24F3N5O2/c24-23(25,26)14-31-18-9-5-4-8-17(18)19(15-6-2-1-3-7-15)28-20(21(31)32)29-22(33)30-12-10-16(27)11-13-30/h1-9,16,20H,10-14,27H2,(H,29,33). The Bertz CT molecular complexity index is 1050. The van der Waals surface area contributed by atoms with Crippen molar-refractivity contribution in [1.82, 2.24) is 10.2 Å². The molecule has 0 bridgehead atoms. The van der Waals surface area contributed by atoms with E-state index in [1.807, 2.05) is 0 Å². The van der Waals surface area contributed by atoms with Crippen molar-refractivity contribution in [1.29, 1.82) is 0 Å². The lowest BCUT2D eigenvalue weighted by Gasteiger charge is -2.31. The smallest absolute Gasteiger partial charge is 0.328 e. The Kier molecular flexibility index (Phi) is 6.37. The molecule has 2 heterocycles. The number of fused-ring (bicyclic) bond motifs is 1. The Morgan fingerprint density at radius 2 is 1.70 bits per heavy atom. The van der Waals surface area contributed by atoms with Crippen molar-refractivity contribution < 1.29 is 22.8 Å². The quantitative estimate of drug-likeness (QED) is 0.740. The predicted octanol–water partition coefficient (Wildman–Crippen LogP) is 2.89. The minimum absolute atomic E-state index is 0.00644. The fourth-order valence-electron chi connectivity index (χ4n) is 4.00. The zero-order valence-electron chi connectivity index (χ0n) is 17.8. The normalized spacial score (nSPS) is 19.6. The van der Waals surface area contributed by atoms with Crippen molar-refractivity contribution in [2.75, 3.05) is 24.5 Å². The van der Waals surface area contributed by atoms with Crippen LogP contribution in [0.5, 0.6) is 0 Å². The number of amides is 3. The Balaban J connectivity index is 1.75. The highest BCUT2D eigenvalue weighted by Gasteiger charge is 2.40. The third-order valence-electron chi connectivity index (χ3n) is 5.68. The molecule has 2 aliphatic rings. The second-order valence-corrected chi connectivity index (χ2v) is 8.08. The molecule has 174 valence electrons. The molecule has 1 atom stereocenters. The van der Waals surface area contributed by atoms with Gasteiger partial charge >= 0.3 is 12.2 Å². The summed E-state index contributed by atoms with van der Waals surface area (Å²) in [5.74, 6) is -0.951. The maximum Gasteiger partial charge on any atom is 0.406 e. The fraction of sp³-hybridized carbons (Fsp3) is 0.348. The number of benzodiazepines with no additional fused rings is 1. The first-order chi connectivity index (χ1) is 15.7. The van der Waals surface area contributed by atoms with E-state index < -0.39 is 30.8 Å². The average molecular weight is 459 g/mol. The fourth-order valence-corrected chi connectivity index (χ4v) is 4.00. The van der Waals surface area contributed by atoms with Crippen LogP contribution >= 0.6 is 0 Å². The molecule has 7 nitrogen and oxygen atoms in total. The van der Waals surface area contributed by atoms with Crippen LogP contribution in [0.3, 0.4) is 0 Å².